The Hall–Kier alpha value is -1.61. The number of hydrogen-bond donors (Lipinski definition) is 0. The fourth-order valence-electron chi connectivity index (χ4n) is 1.62. The summed E-state index contributed by atoms with van der Waals surface area (Å²) in [5.41, 5.74) is 0.664. The van der Waals surface area contributed by atoms with E-state index in [0.29, 0.717) is 11.3 Å². The van der Waals surface area contributed by atoms with Crippen LogP contribution in [0.5, 0.6) is 5.75 Å². The number of Topliss-reactive ketones (excluding diaryl/α,β-unsaturated/α-hetero) is 1. The first-order valence-corrected chi connectivity index (χ1v) is 6.48. The van der Waals surface area contributed by atoms with Crippen LogP contribution >= 0.6 is 15.9 Å². The smallest absolute Gasteiger partial charge is 0.202 e. The number of benzene rings is 2. The van der Waals surface area contributed by atoms with Crippen LogP contribution in [0.25, 0.3) is 0 Å². The second kappa shape index (κ2) is 5.83. The van der Waals surface area contributed by atoms with E-state index in [1.54, 1.807) is 19.1 Å². The van der Waals surface area contributed by atoms with E-state index in [1.165, 1.54) is 0 Å². The highest BCUT2D eigenvalue weighted by Gasteiger charge is 2.17. The Labute approximate surface area is 115 Å². The summed E-state index contributed by atoms with van der Waals surface area (Å²) < 4.78 is 6.51. The van der Waals surface area contributed by atoms with E-state index in [0.717, 1.165) is 4.47 Å². The molecule has 18 heavy (non-hydrogen) atoms. The van der Waals surface area contributed by atoms with E-state index in [1.807, 2.05) is 42.5 Å². The van der Waals surface area contributed by atoms with Crippen LogP contribution in [0.4, 0.5) is 0 Å². The Morgan fingerprint density at radius 2 is 1.67 bits per heavy atom. The highest BCUT2D eigenvalue weighted by atomic mass is 79.9. The number of hydrogen-bond acceptors (Lipinski definition) is 2. The van der Waals surface area contributed by atoms with Crippen molar-refractivity contribution in [1.29, 1.82) is 0 Å². The summed E-state index contributed by atoms with van der Waals surface area (Å²) in [5, 5.41) is 0. The lowest BCUT2D eigenvalue weighted by Gasteiger charge is -2.14. The molecule has 0 unspecified atom stereocenters. The molecule has 0 amide bonds. The fourth-order valence-corrected chi connectivity index (χ4v) is 2.00. The topological polar surface area (TPSA) is 26.3 Å². The van der Waals surface area contributed by atoms with Crippen molar-refractivity contribution in [2.24, 2.45) is 0 Å². The molecule has 0 saturated heterocycles. The normalized spacial score (nSPS) is 11.9. The van der Waals surface area contributed by atoms with Crippen molar-refractivity contribution in [2.75, 3.05) is 0 Å². The molecule has 0 aromatic heterocycles. The van der Waals surface area contributed by atoms with Gasteiger partial charge >= 0.3 is 0 Å². The van der Waals surface area contributed by atoms with Gasteiger partial charge in [0.1, 0.15) is 5.75 Å². The summed E-state index contributed by atoms with van der Waals surface area (Å²) >= 11 is 3.39. The molecule has 0 aliphatic rings. The van der Waals surface area contributed by atoms with E-state index >= 15 is 0 Å². The van der Waals surface area contributed by atoms with E-state index in [9.17, 15) is 4.79 Å². The van der Waals surface area contributed by atoms with Crippen molar-refractivity contribution in [1.82, 2.24) is 0 Å². The average Bonchev–Trinajstić information content (AvgIpc) is 2.41. The molecule has 1 atom stereocenters. The van der Waals surface area contributed by atoms with Gasteiger partial charge in [0.05, 0.1) is 4.47 Å². The number of carbonyl (C=O) groups excluding carboxylic acids is 1. The molecule has 2 aromatic rings. The van der Waals surface area contributed by atoms with Gasteiger partial charge < -0.3 is 4.74 Å². The number of rotatable bonds is 4. The monoisotopic (exact) mass is 304 g/mol. The second-order valence-corrected chi connectivity index (χ2v) is 4.78. The first-order chi connectivity index (χ1) is 8.68. The van der Waals surface area contributed by atoms with Gasteiger partial charge in [0.15, 0.2) is 6.10 Å². The maximum Gasteiger partial charge on any atom is 0.202 e. The van der Waals surface area contributed by atoms with Gasteiger partial charge in [-0.2, -0.15) is 0 Å². The van der Waals surface area contributed by atoms with Crippen LogP contribution in [0.1, 0.15) is 17.3 Å². The Kier molecular flexibility index (Phi) is 4.15. The number of ketones is 1. The third-order valence-electron chi connectivity index (χ3n) is 2.57. The molecular formula is C15H13BrO2. The van der Waals surface area contributed by atoms with Crippen molar-refractivity contribution >= 4 is 21.7 Å². The Morgan fingerprint density at radius 3 is 2.33 bits per heavy atom. The summed E-state index contributed by atoms with van der Waals surface area (Å²) in [6.45, 7) is 1.76. The van der Waals surface area contributed by atoms with Gasteiger partial charge in [0, 0.05) is 5.56 Å². The summed E-state index contributed by atoms with van der Waals surface area (Å²) in [5.74, 6) is 0.653. The van der Waals surface area contributed by atoms with Crippen molar-refractivity contribution in [3.8, 4) is 5.75 Å². The predicted molar refractivity (Wildman–Crippen MR) is 75.0 cm³/mol. The zero-order chi connectivity index (χ0) is 13.0. The quantitative estimate of drug-likeness (QED) is 0.795. The maximum absolute atomic E-state index is 12.1. The lowest BCUT2D eigenvalue weighted by Crippen LogP contribution is -2.23. The molecule has 0 aliphatic heterocycles. The van der Waals surface area contributed by atoms with Crippen molar-refractivity contribution in [3.63, 3.8) is 0 Å². The van der Waals surface area contributed by atoms with E-state index in [4.69, 9.17) is 4.74 Å². The van der Waals surface area contributed by atoms with Crippen LogP contribution in [0.15, 0.2) is 59.1 Å². The third kappa shape index (κ3) is 2.99. The molecule has 0 bridgehead atoms. The zero-order valence-electron chi connectivity index (χ0n) is 9.97. The molecule has 0 N–H and O–H groups in total. The Bertz CT molecular complexity index is 537. The first-order valence-electron chi connectivity index (χ1n) is 5.69. The van der Waals surface area contributed by atoms with Crippen LogP contribution in [0, 0.1) is 0 Å². The molecule has 0 fully saturated rings. The standard InChI is InChI=1S/C15H13BrO2/c1-11(15(17)12-7-3-2-4-8-12)18-14-10-6-5-9-13(14)16/h2-11H,1H3/t11-/m1/s1. The molecule has 0 spiro atoms. The molecular weight excluding hydrogens is 292 g/mol. The lowest BCUT2D eigenvalue weighted by molar-refractivity contribution is 0.0817. The molecule has 3 heteroatoms. The minimum atomic E-state index is -0.508. The highest BCUT2D eigenvalue weighted by Crippen LogP contribution is 2.25. The maximum atomic E-state index is 12.1. The zero-order valence-corrected chi connectivity index (χ0v) is 11.6. The van der Waals surface area contributed by atoms with Crippen molar-refractivity contribution in [3.05, 3.63) is 64.6 Å². The summed E-state index contributed by atoms with van der Waals surface area (Å²) in [7, 11) is 0. The van der Waals surface area contributed by atoms with Gasteiger partial charge in [0.25, 0.3) is 0 Å². The molecule has 2 aromatic carbocycles. The average molecular weight is 305 g/mol. The summed E-state index contributed by atoms with van der Waals surface area (Å²) in [6.07, 6.45) is -0.508. The Balaban J connectivity index is 2.11. The van der Waals surface area contributed by atoms with E-state index < -0.39 is 6.10 Å². The van der Waals surface area contributed by atoms with Crippen LogP contribution < -0.4 is 4.74 Å². The van der Waals surface area contributed by atoms with Gasteiger partial charge in [0.2, 0.25) is 5.78 Å². The van der Waals surface area contributed by atoms with Crippen molar-refractivity contribution < 1.29 is 9.53 Å². The van der Waals surface area contributed by atoms with E-state index in [2.05, 4.69) is 15.9 Å². The number of para-hydroxylation sites is 1. The largest absolute Gasteiger partial charge is 0.481 e. The van der Waals surface area contributed by atoms with Gasteiger partial charge in [-0.05, 0) is 35.0 Å². The molecule has 2 rings (SSSR count). The molecule has 0 radical (unpaired) electrons. The van der Waals surface area contributed by atoms with Gasteiger partial charge in [-0.1, -0.05) is 42.5 Å². The molecule has 0 saturated carbocycles. The Morgan fingerprint density at radius 1 is 1.06 bits per heavy atom. The van der Waals surface area contributed by atoms with Gasteiger partial charge in [-0.3, -0.25) is 4.79 Å². The number of carbonyl (C=O) groups is 1. The second-order valence-electron chi connectivity index (χ2n) is 3.92. The first kappa shape index (κ1) is 12.8. The van der Waals surface area contributed by atoms with Crippen LogP contribution in [0.2, 0.25) is 0 Å². The van der Waals surface area contributed by atoms with Crippen molar-refractivity contribution in [2.45, 2.75) is 13.0 Å². The molecule has 0 aliphatic carbocycles. The van der Waals surface area contributed by atoms with Gasteiger partial charge in [-0.25, -0.2) is 0 Å². The van der Waals surface area contributed by atoms with Crippen LogP contribution in [-0.4, -0.2) is 11.9 Å². The minimum absolute atomic E-state index is 0.0219. The third-order valence-corrected chi connectivity index (χ3v) is 3.22. The number of ether oxygens (including phenoxy) is 1. The van der Waals surface area contributed by atoms with E-state index in [-0.39, 0.29) is 5.78 Å². The lowest BCUT2D eigenvalue weighted by atomic mass is 10.1. The minimum Gasteiger partial charge on any atom is -0.481 e. The summed E-state index contributed by atoms with van der Waals surface area (Å²) in [4.78, 5) is 12.1. The fraction of sp³-hybridized carbons (Fsp3) is 0.133. The van der Waals surface area contributed by atoms with Crippen LogP contribution in [-0.2, 0) is 0 Å². The molecule has 92 valence electrons. The summed E-state index contributed by atoms with van der Waals surface area (Å²) in [6, 6.07) is 16.7. The highest BCUT2D eigenvalue weighted by molar-refractivity contribution is 9.10. The number of halogens is 1. The molecule has 2 nitrogen and oxygen atoms in total. The van der Waals surface area contributed by atoms with Crippen LogP contribution in [0.3, 0.4) is 0 Å². The van der Waals surface area contributed by atoms with Gasteiger partial charge in [-0.15, -0.1) is 0 Å². The SMILES string of the molecule is C[C@@H](Oc1ccccc1Br)C(=O)c1ccccc1. The molecule has 0 heterocycles. The predicted octanol–water partition coefficient (Wildman–Crippen LogP) is 4.10.